The molecule has 3 aromatic heterocycles. The van der Waals surface area contributed by atoms with Crippen molar-refractivity contribution in [3.05, 3.63) is 164 Å². The Labute approximate surface area is 335 Å². The van der Waals surface area contributed by atoms with Crippen LogP contribution in [0.5, 0.6) is 0 Å². The van der Waals surface area contributed by atoms with Gasteiger partial charge in [-0.1, -0.05) is 85.2 Å². The number of nitrogens with zero attached hydrogens (tertiary/aromatic N) is 2. The van der Waals surface area contributed by atoms with Crippen LogP contribution in [0, 0.1) is 18.1 Å². The second-order valence-electron chi connectivity index (χ2n) is 15.2. The number of pyridine rings is 2. The molecule has 1 aliphatic rings. The van der Waals surface area contributed by atoms with E-state index in [1.165, 1.54) is 57.9 Å². The number of hydrogen-bond donors (Lipinski definition) is 0. The minimum atomic E-state index is -1.79. The van der Waals surface area contributed by atoms with Crippen LogP contribution in [0.3, 0.4) is 0 Å². The summed E-state index contributed by atoms with van der Waals surface area (Å²) in [5.74, 6) is 7.99. The van der Waals surface area contributed by atoms with Gasteiger partial charge in [-0.3, -0.25) is 0 Å². The summed E-state index contributed by atoms with van der Waals surface area (Å²) in [6, 6.07) is 53.1. The van der Waals surface area contributed by atoms with Crippen molar-refractivity contribution in [2.45, 2.75) is 49.4 Å². The average Bonchev–Trinajstić information content (AvgIpc) is 3.86. The first kappa shape index (κ1) is 37.7. The molecule has 0 N–H and O–H groups in total. The fraction of sp³-hybridized carbons (Fsp3) is 0.184. The summed E-state index contributed by atoms with van der Waals surface area (Å²) in [7, 11) is 0. The van der Waals surface area contributed by atoms with E-state index < -0.39 is 13.3 Å². The molecule has 0 aliphatic heterocycles. The summed E-state index contributed by atoms with van der Waals surface area (Å²) in [6.45, 7) is 0. The first-order valence-electron chi connectivity index (χ1n) is 18.8. The molecule has 8 aromatic rings. The largest absolute Gasteiger partial charge is 0.500 e. The molecule has 1 aliphatic carbocycles. The van der Waals surface area contributed by atoms with Gasteiger partial charge in [0, 0.05) is 31.7 Å². The van der Waals surface area contributed by atoms with E-state index in [9.17, 15) is 0 Å². The maximum absolute atomic E-state index is 6.17. The molecule has 3 heterocycles. The molecule has 9 rings (SSSR count). The van der Waals surface area contributed by atoms with Gasteiger partial charge in [0.15, 0.2) is 0 Å². The van der Waals surface area contributed by atoms with Crippen molar-refractivity contribution in [2.75, 3.05) is 0 Å². The molecule has 5 heteroatoms. The fourth-order valence-electron chi connectivity index (χ4n) is 7.49. The number of aromatic nitrogens is 2. The summed E-state index contributed by atoms with van der Waals surface area (Å²) >= 11 is -1.79. The Kier molecular flexibility index (Phi) is 11.7. The maximum atomic E-state index is 6.17. The third kappa shape index (κ3) is 8.52. The minimum absolute atomic E-state index is 0. The van der Waals surface area contributed by atoms with Gasteiger partial charge in [0.05, 0.1) is 5.58 Å². The van der Waals surface area contributed by atoms with E-state index in [4.69, 9.17) is 4.42 Å². The number of benzene rings is 5. The van der Waals surface area contributed by atoms with Crippen molar-refractivity contribution in [3.63, 3.8) is 0 Å². The third-order valence-corrected chi connectivity index (χ3v) is 14.7. The Hall–Kier alpha value is -4.61. The standard InChI is InChI=1S/C29H24NO.C20H20GeN.Ir/c1-2-9-22(10-3-1)24-11-6-12-28-29(24)25-19-23(13-14-27(25)31-28)26-18-21(15-16-30-26)17-20-7-4-5-8-20;1-21(2,3)19-12-13-20(22-15-19)18-11-7-10-17(14-18)16-8-5-4-6-9-16;/h1-3,6,9-12,14-16,18-20H,4-5,7-8,17H2;4-10,12-15H,1-3H3;/q2*-1;. The van der Waals surface area contributed by atoms with Crippen LogP contribution in [0.25, 0.3) is 66.7 Å². The summed E-state index contributed by atoms with van der Waals surface area (Å²) < 4.78 is 7.60. The van der Waals surface area contributed by atoms with Gasteiger partial charge in [0.2, 0.25) is 0 Å². The van der Waals surface area contributed by atoms with E-state index in [2.05, 4.69) is 155 Å². The van der Waals surface area contributed by atoms with Gasteiger partial charge in [-0.25, -0.2) is 0 Å². The van der Waals surface area contributed by atoms with E-state index >= 15 is 0 Å². The molecule has 0 atom stereocenters. The normalized spacial score (nSPS) is 13.0. The van der Waals surface area contributed by atoms with Crippen LogP contribution in [-0.4, -0.2) is 23.2 Å². The molecule has 1 fully saturated rings. The van der Waals surface area contributed by atoms with Gasteiger partial charge < -0.3 is 9.40 Å². The summed E-state index contributed by atoms with van der Waals surface area (Å²) in [5.41, 5.74) is 12.0. The summed E-state index contributed by atoms with van der Waals surface area (Å²) in [5, 5.41) is 2.27. The molecule has 0 saturated heterocycles. The number of hydrogen-bond acceptors (Lipinski definition) is 3. The second-order valence-corrected chi connectivity index (χ2v) is 25.9. The number of fused-ring (bicyclic) bond motifs is 3. The molecule has 0 bridgehead atoms. The molecule has 54 heavy (non-hydrogen) atoms. The molecule has 1 radical (unpaired) electrons. The Bertz CT molecular complexity index is 2460. The number of furan rings is 1. The smallest absolute Gasteiger partial charge is 0.121 e. The van der Waals surface area contributed by atoms with Crippen molar-refractivity contribution < 1.29 is 24.5 Å². The average molecular weight is 942 g/mol. The molecule has 0 unspecified atom stereocenters. The van der Waals surface area contributed by atoms with Crippen molar-refractivity contribution in [3.8, 4) is 44.8 Å². The van der Waals surface area contributed by atoms with E-state index in [1.807, 2.05) is 30.5 Å². The molecule has 1 saturated carbocycles. The molecule has 5 aromatic carbocycles. The Morgan fingerprint density at radius 1 is 0.667 bits per heavy atom. The van der Waals surface area contributed by atoms with Crippen LogP contribution in [0.15, 0.2) is 150 Å². The van der Waals surface area contributed by atoms with Crippen molar-refractivity contribution >= 4 is 39.6 Å². The van der Waals surface area contributed by atoms with E-state index in [-0.39, 0.29) is 20.1 Å². The molecular formula is C49H44GeIrN2O-2. The molecular weight excluding hydrogens is 897 g/mol. The van der Waals surface area contributed by atoms with E-state index in [0.29, 0.717) is 0 Å². The molecule has 0 spiro atoms. The van der Waals surface area contributed by atoms with Gasteiger partial charge in [0.25, 0.3) is 0 Å². The molecule has 3 nitrogen and oxygen atoms in total. The van der Waals surface area contributed by atoms with Crippen LogP contribution in [0.2, 0.25) is 17.3 Å². The number of rotatable bonds is 7. The predicted octanol–water partition coefficient (Wildman–Crippen LogP) is 12.6. The first-order chi connectivity index (χ1) is 25.9. The van der Waals surface area contributed by atoms with Crippen molar-refractivity contribution in [1.29, 1.82) is 0 Å². The van der Waals surface area contributed by atoms with E-state index in [1.54, 1.807) is 0 Å². The van der Waals surface area contributed by atoms with Gasteiger partial charge in [-0.05, 0) is 41.3 Å². The fourth-order valence-corrected chi connectivity index (χ4v) is 9.67. The Morgan fingerprint density at radius 2 is 1.41 bits per heavy atom. The van der Waals surface area contributed by atoms with Gasteiger partial charge >= 0.3 is 135 Å². The monoisotopic (exact) mass is 943 g/mol. The maximum Gasteiger partial charge on any atom is 0.121 e. The predicted molar refractivity (Wildman–Crippen MR) is 224 cm³/mol. The Balaban J connectivity index is 0.000000174. The van der Waals surface area contributed by atoms with Crippen molar-refractivity contribution in [2.24, 2.45) is 5.92 Å². The topological polar surface area (TPSA) is 38.9 Å². The van der Waals surface area contributed by atoms with E-state index in [0.717, 1.165) is 56.8 Å². The van der Waals surface area contributed by atoms with Crippen LogP contribution in [0.1, 0.15) is 31.2 Å². The molecule has 271 valence electrons. The van der Waals surface area contributed by atoms with Gasteiger partial charge in [-0.2, -0.15) is 0 Å². The van der Waals surface area contributed by atoms with Crippen LogP contribution in [0.4, 0.5) is 0 Å². The second kappa shape index (κ2) is 16.8. The van der Waals surface area contributed by atoms with Crippen LogP contribution < -0.4 is 4.40 Å². The van der Waals surface area contributed by atoms with Crippen molar-refractivity contribution in [1.82, 2.24) is 9.97 Å². The van der Waals surface area contributed by atoms with Crippen LogP contribution in [-0.2, 0) is 26.5 Å². The van der Waals surface area contributed by atoms with Gasteiger partial charge in [0.1, 0.15) is 5.58 Å². The summed E-state index contributed by atoms with van der Waals surface area (Å²) in [4.78, 5) is 9.34. The zero-order valence-corrected chi connectivity index (χ0v) is 35.6. The van der Waals surface area contributed by atoms with Gasteiger partial charge in [-0.15, -0.1) is 23.8 Å². The quantitative estimate of drug-likeness (QED) is 0.118. The summed E-state index contributed by atoms with van der Waals surface area (Å²) in [6.07, 6.45) is 10.6. The zero-order valence-electron chi connectivity index (χ0n) is 31.1. The Morgan fingerprint density at radius 3 is 2.13 bits per heavy atom. The third-order valence-electron chi connectivity index (χ3n) is 10.4. The zero-order chi connectivity index (χ0) is 36.2. The molecule has 0 amide bonds. The SMILES string of the molecule is [CH3][Ge]([CH3])([CH3])[c]1ccc(-c2[c-]ccc(-c3ccccc3)c2)nc1.[Ir].[c-]1cc2oc3cccc(-c4ccccc4)c3c2cc1-c1cc(CC2CCCC2)ccn1. The first-order valence-corrected chi connectivity index (χ1v) is 26.2. The van der Waals surface area contributed by atoms with Crippen LogP contribution >= 0.6 is 0 Å². The minimum Gasteiger partial charge on any atom is -0.500 e.